The van der Waals surface area contributed by atoms with Crippen molar-refractivity contribution in [2.24, 2.45) is 0 Å². The molecule has 0 bridgehead atoms. The number of carbonyl (C=O) groups excluding carboxylic acids is 1. The van der Waals surface area contributed by atoms with E-state index in [0.29, 0.717) is 11.5 Å². The molecule has 5 heterocycles. The lowest BCUT2D eigenvalue weighted by atomic mass is 10.1. The van der Waals surface area contributed by atoms with Gasteiger partial charge >= 0.3 is 6.61 Å². The van der Waals surface area contributed by atoms with Gasteiger partial charge in [-0.2, -0.15) is 23.8 Å². The number of benzene rings is 1. The molecule has 1 saturated heterocycles. The van der Waals surface area contributed by atoms with Crippen molar-refractivity contribution in [2.45, 2.75) is 32.5 Å². The molecule has 0 saturated carbocycles. The topological polar surface area (TPSA) is 136 Å². The molecule has 16 heteroatoms. The summed E-state index contributed by atoms with van der Waals surface area (Å²) in [5, 5.41) is 24.7. The zero-order valence-corrected chi connectivity index (χ0v) is 24.5. The van der Waals surface area contributed by atoms with Gasteiger partial charge in [0.1, 0.15) is 23.6 Å². The monoisotopic (exact) mass is 606 g/mol. The van der Waals surface area contributed by atoms with E-state index in [0.717, 1.165) is 38.2 Å². The van der Waals surface area contributed by atoms with Crippen molar-refractivity contribution in [3.8, 4) is 17.0 Å². The van der Waals surface area contributed by atoms with Crippen LogP contribution < -0.4 is 10.1 Å². The van der Waals surface area contributed by atoms with E-state index >= 15 is 0 Å². The first-order valence-corrected chi connectivity index (χ1v) is 14.1. The van der Waals surface area contributed by atoms with Crippen LogP contribution in [0.15, 0.2) is 49.1 Å². The van der Waals surface area contributed by atoms with Crippen molar-refractivity contribution in [1.29, 1.82) is 0 Å². The Balaban J connectivity index is 1.24. The third-order valence-electron chi connectivity index (χ3n) is 7.26. The number of carbonyl (C=O) groups is 1. The smallest absolute Gasteiger partial charge is 0.387 e. The molecule has 1 aromatic carbocycles. The molecular weight excluding hydrogens is 574 g/mol. The number of aryl methyl sites for hydroxylation is 1. The molecule has 14 nitrogen and oxygen atoms in total. The number of tetrazole rings is 1. The van der Waals surface area contributed by atoms with Crippen molar-refractivity contribution in [3.63, 3.8) is 0 Å². The number of rotatable bonds is 12. The molecule has 1 aliphatic rings. The van der Waals surface area contributed by atoms with Crippen LogP contribution in [0.25, 0.3) is 16.9 Å². The summed E-state index contributed by atoms with van der Waals surface area (Å²) in [7, 11) is 4.13. The number of halogens is 2. The first kappa shape index (κ1) is 29.3. The fourth-order valence-electron chi connectivity index (χ4n) is 5.10. The van der Waals surface area contributed by atoms with Crippen LogP contribution >= 0.6 is 0 Å². The molecule has 0 spiro atoms. The minimum atomic E-state index is -3.05. The second-order valence-corrected chi connectivity index (χ2v) is 11.0. The lowest BCUT2D eigenvalue weighted by molar-refractivity contribution is -0.0494. The molecule has 0 aliphatic carbocycles. The fraction of sp³-hybridized carbons (Fsp3) is 0.393. The zero-order chi connectivity index (χ0) is 30.8. The minimum absolute atomic E-state index is 0.0758. The van der Waals surface area contributed by atoms with Crippen molar-refractivity contribution < 1.29 is 18.3 Å². The van der Waals surface area contributed by atoms with E-state index in [2.05, 4.69) is 59.8 Å². The summed E-state index contributed by atoms with van der Waals surface area (Å²) in [4.78, 5) is 23.8. The Morgan fingerprint density at radius 2 is 2.07 bits per heavy atom. The number of hydrogen-bond acceptors (Lipinski definition) is 10. The minimum Gasteiger partial charge on any atom is -0.434 e. The van der Waals surface area contributed by atoms with Crippen LogP contribution in [0.1, 0.15) is 34.2 Å². The highest BCUT2D eigenvalue weighted by Crippen LogP contribution is 2.36. The largest absolute Gasteiger partial charge is 0.434 e. The summed E-state index contributed by atoms with van der Waals surface area (Å²) >= 11 is 0. The highest BCUT2D eigenvalue weighted by atomic mass is 19.3. The van der Waals surface area contributed by atoms with Crippen LogP contribution in [0.5, 0.6) is 5.75 Å². The normalized spacial score (nSPS) is 14.1. The third kappa shape index (κ3) is 6.40. The molecule has 230 valence electrons. The SMILES string of the molecule is Cc1ccc(OC(F)F)c(-c2nn(Cc3nnn(C4CN(CCCN(C)C)C4)n3)cc2NC(=O)c2cnn3cccnc23)c1. The summed E-state index contributed by atoms with van der Waals surface area (Å²) < 4.78 is 34.4. The van der Waals surface area contributed by atoms with Crippen LogP contribution in [-0.2, 0) is 6.54 Å². The van der Waals surface area contributed by atoms with E-state index < -0.39 is 12.5 Å². The summed E-state index contributed by atoms with van der Waals surface area (Å²) in [5.74, 6) is -0.149. The van der Waals surface area contributed by atoms with Gasteiger partial charge in [-0.15, -0.1) is 10.2 Å². The number of aromatic nitrogens is 9. The van der Waals surface area contributed by atoms with Gasteiger partial charge in [-0.1, -0.05) is 11.6 Å². The quantitative estimate of drug-likeness (QED) is 0.226. The Morgan fingerprint density at radius 3 is 2.86 bits per heavy atom. The van der Waals surface area contributed by atoms with Gasteiger partial charge in [0.2, 0.25) is 0 Å². The highest BCUT2D eigenvalue weighted by molar-refractivity contribution is 6.09. The van der Waals surface area contributed by atoms with Crippen molar-refractivity contribution in [2.75, 3.05) is 45.6 Å². The predicted molar refractivity (Wildman–Crippen MR) is 156 cm³/mol. The lowest BCUT2D eigenvalue weighted by Crippen LogP contribution is -2.49. The van der Waals surface area contributed by atoms with Gasteiger partial charge in [0.25, 0.3) is 5.91 Å². The number of nitrogens with zero attached hydrogens (tertiary/aromatic N) is 11. The molecule has 1 amide bonds. The van der Waals surface area contributed by atoms with Crippen molar-refractivity contribution in [3.05, 3.63) is 66.0 Å². The van der Waals surface area contributed by atoms with Crippen molar-refractivity contribution >= 4 is 17.2 Å². The fourth-order valence-corrected chi connectivity index (χ4v) is 5.10. The Bertz CT molecular complexity index is 1760. The number of alkyl halides is 2. The third-order valence-corrected chi connectivity index (χ3v) is 7.26. The summed E-state index contributed by atoms with van der Waals surface area (Å²) in [5.41, 5.74) is 2.19. The number of likely N-dealkylation sites (tertiary alicyclic amines) is 1. The Morgan fingerprint density at radius 1 is 1.23 bits per heavy atom. The first-order chi connectivity index (χ1) is 21.2. The van der Waals surface area contributed by atoms with Gasteiger partial charge in [-0.05, 0) is 63.9 Å². The van der Waals surface area contributed by atoms with Gasteiger partial charge in [-0.3, -0.25) is 14.4 Å². The maximum atomic E-state index is 13.4. The highest BCUT2D eigenvalue weighted by Gasteiger charge is 2.30. The number of fused-ring (bicyclic) bond motifs is 1. The average molecular weight is 607 g/mol. The number of nitrogens with one attached hydrogen (secondary N) is 1. The van der Waals surface area contributed by atoms with Gasteiger partial charge in [-0.25, -0.2) is 9.50 Å². The number of hydrogen-bond donors (Lipinski definition) is 1. The maximum absolute atomic E-state index is 13.4. The van der Waals surface area contributed by atoms with E-state index in [1.807, 2.05) is 6.92 Å². The van der Waals surface area contributed by atoms with Crippen LogP contribution in [0.4, 0.5) is 14.5 Å². The van der Waals surface area contributed by atoms with Gasteiger partial charge < -0.3 is 15.0 Å². The number of ether oxygens (including phenoxy) is 1. The number of amides is 1. The second kappa shape index (κ2) is 12.4. The van der Waals surface area contributed by atoms with Gasteiger partial charge in [0.05, 0.1) is 17.9 Å². The van der Waals surface area contributed by atoms with Crippen LogP contribution in [0.3, 0.4) is 0 Å². The molecule has 0 atom stereocenters. The van der Waals surface area contributed by atoms with E-state index in [-0.39, 0.29) is 40.8 Å². The Hall–Kier alpha value is -4.83. The standard InChI is InChI=1S/C28H32F2N12O2/c1-18-6-7-23(44-28(29)30)20(12-18)25-22(33-27(43)21-13-32-41-11-4-8-31-26(21)41)16-40(36-25)17-24-34-37-42(35-24)19-14-39(15-19)10-5-9-38(2)3/h4,6-8,11-13,16,19,28H,5,9-10,14-15,17H2,1-3H3,(H,33,43). The van der Waals surface area contributed by atoms with E-state index in [4.69, 9.17) is 4.74 Å². The molecule has 0 radical (unpaired) electrons. The molecule has 6 rings (SSSR count). The van der Waals surface area contributed by atoms with Gasteiger partial charge in [0, 0.05) is 37.2 Å². The molecule has 1 aliphatic heterocycles. The second-order valence-electron chi connectivity index (χ2n) is 11.0. The molecule has 44 heavy (non-hydrogen) atoms. The molecule has 4 aromatic heterocycles. The Kier molecular flexibility index (Phi) is 8.25. The summed E-state index contributed by atoms with van der Waals surface area (Å²) in [6.07, 6.45) is 7.33. The molecule has 0 unspecified atom stereocenters. The Labute approximate surface area is 251 Å². The van der Waals surface area contributed by atoms with E-state index in [1.165, 1.54) is 21.5 Å². The van der Waals surface area contributed by atoms with Crippen LogP contribution in [-0.4, -0.2) is 107 Å². The van der Waals surface area contributed by atoms with Gasteiger partial charge in [0.15, 0.2) is 11.5 Å². The number of anilines is 1. The van der Waals surface area contributed by atoms with Crippen LogP contribution in [0.2, 0.25) is 0 Å². The zero-order valence-electron chi connectivity index (χ0n) is 24.5. The van der Waals surface area contributed by atoms with E-state index in [9.17, 15) is 13.6 Å². The van der Waals surface area contributed by atoms with Crippen molar-refractivity contribution in [1.82, 2.24) is 54.4 Å². The molecule has 1 fully saturated rings. The molecule has 5 aromatic rings. The first-order valence-electron chi connectivity index (χ1n) is 14.1. The summed E-state index contributed by atoms with van der Waals surface area (Å²) in [6, 6.07) is 6.62. The maximum Gasteiger partial charge on any atom is 0.387 e. The average Bonchev–Trinajstić information content (AvgIpc) is 3.69. The van der Waals surface area contributed by atoms with E-state index in [1.54, 1.807) is 41.6 Å². The summed E-state index contributed by atoms with van der Waals surface area (Å²) in [6.45, 7) is 2.67. The van der Waals surface area contributed by atoms with Crippen LogP contribution in [0, 0.1) is 6.92 Å². The predicted octanol–water partition coefficient (Wildman–Crippen LogP) is 2.60. The lowest BCUT2D eigenvalue weighted by Gasteiger charge is -2.38. The molecule has 1 N–H and O–H groups in total. The molecular formula is C28H32F2N12O2.